The summed E-state index contributed by atoms with van der Waals surface area (Å²) in [5.74, 6) is -10.6. The Balaban J connectivity index is 2.40. The summed E-state index contributed by atoms with van der Waals surface area (Å²) in [5, 5.41) is -0.158. The summed E-state index contributed by atoms with van der Waals surface area (Å²) in [7, 11) is 0. The average Bonchev–Trinajstić information content (AvgIpc) is 2.50. The van der Waals surface area contributed by atoms with Crippen molar-refractivity contribution in [2.45, 2.75) is 6.61 Å². The second-order valence-corrected chi connectivity index (χ2v) is 5.20. The molecule has 0 bridgehead atoms. The number of hydrogen-bond donors (Lipinski definition) is 0. The largest absolute Gasteiger partial charge is 0.485 e. The van der Waals surface area contributed by atoms with E-state index in [4.69, 9.17) is 39.5 Å². The van der Waals surface area contributed by atoms with E-state index in [1.807, 2.05) is 0 Å². The lowest BCUT2D eigenvalue weighted by molar-refractivity contribution is 0.279. The van der Waals surface area contributed by atoms with Crippen LogP contribution in [0.25, 0.3) is 0 Å². The zero-order valence-corrected chi connectivity index (χ0v) is 12.6. The van der Waals surface area contributed by atoms with Crippen LogP contribution in [0, 0.1) is 29.1 Å². The summed E-state index contributed by atoms with van der Waals surface area (Å²) >= 11 is 17.3. The highest BCUT2D eigenvalue weighted by molar-refractivity contribution is 6.44. The molecule has 0 heterocycles. The lowest BCUT2D eigenvalue weighted by atomic mass is 10.2. The molecular weight excluding hydrogens is 373 g/mol. The fourth-order valence-electron chi connectivity index (χ4n) is 1.56. The fraction of sp³-hybridized carbons (Fsp3) is 0.0769. The summed E-state index contributed by atoms with van der Waals surface area (Å²) < 4.78 is 71.0. The van der Waals surface area contributed by atoms with Gasteiger partial charge in [-0.25, -0.2) is 22.0 Å². The molecule has 2 rings (SSSR count). The Hall–Kier alpha value is -1.24. The molecule has 0 amide bonds. The standard InChI is InChI=1S/C13H4Cl3F5O/c14-5-1-2-6(15)13(7(5)16)22-3-4-8(17)10(19)12(21)11(20)9(4)18/h1-2H,3H2. The summed E-state index contributed by atoms with van der Waals surface area (Å²) in [6, 6.07) is 2.64. The first-order valence-electron chi connectivity index (χ1n) is 5.52. The van der Waals surface area contributed by atoms with E-state index in [-0.39, 0.29) is 20.8 Å². The first kappa shape index (κ1) is 17.1. The lowest BCUT2D eigenvalue weighted by Crippen LogP contribution is -2.10. The Morgan fingerprint density at radius 2 is 1.18 bits per heavy atom. The van der Waals surface area contributed by atoms with Crippen molar-refractivity contribution in [3.63, 3.8) is 0 Å². The van der Waals surface area contributed by atoms with E-state index in [0.29, 0.717) is 0 Å². The third kappa shape index (κ3) is 2.95. The maximum absolute atomic E-state index is 13.5. The molecule has 0 unspecified atom stereocenters. The lowest BCUT2D eigenvalue weighted by Gasteiger charge is -2.12. The topological polar surface area (TPSA) is 9.23 Å². The molecule has 0 radical (unpaired) electrons. The monoisotopic (exact) mass is 376 g/mol. The normalized spacial score (nSPS) is 10.9. The van der Waals surface area contributed by atoms with E-state index in [9.17, 15) is 22.0 Å². The number of benzene rings is 2. The van der Waals surface area contributed by atoms with Gasteiger partial charge in [-0.2, -0.15) is 0 Å². The minimum atomic E-state index is -2.25. The van der Waals surface area contributed by atoms with Crippen LogP contribution in [0.15, 0.2) is 12.1 Å². The van der Waals surface area contributed by atoms with E-state index in [1.165, 1.54) is 12.1 Å². The van der Waals surface area contributed by atoms with Gasteiger partial charge in [0.1, 0.15) is 11.6 Å². The van der Waals surface area contributed by atoms with E-state index < -0.39 is 41.3 Å². The van der Waals surface area contributed by atoms with E-state index >= 15 is 0 Å². The van der Waals surface area contributed by atoms with Crippen LogP contribution in [0.1, 0.15) is 5.56 Å². The molecule has 0 fully saturated rings. The van der Waals surface area contributed by atoms with E-state index in [0.717, 1.165) is 0 Å². The van der Waals surface area contributed by atoms with Crippen LogP contribution in [0.2, 0.25) is 15.1 Å². The van der Waals surface area contributed by atoms with Gasteiger partial charge in [0.2, 0.25) is 5.82 Å². The molecule has 2 aromatic carbocycles. The Kier molecular flexibility index (Phi) is 5.04. The van der Waals surface area contributed by atoms with Gasteiger partial charge in [0.25, 0.3) is 0 Å². The smallest absolute Gasteiger partial charge is 0.200 e. The van der Waals surface area contributed by atoms with Crippen molar-refractivity contribution >= 4 is 34.8 Å². The maximum Gasteiger partial charge on any atom is 0.200 e. The quantitative estimate of drug-likeness (QED) is 0.366. The molecular formula is C13H4Cl3F5O. The minimum Gasteiger partial charge on any atom is -0.485 e. The van der Waals surface area contributed by atoms with Gasteiger partial charge in [0.15, 0.2) is 29.0 Å². The van der Waals surface area contributed by atoms with Gasteiger partial charge < -0.3 is 4.74 Å². The van der Waals surface area contributed by atoms with Crippen molar-refractivity contribution in [1.29, 1.82) is 0 Å². The van der Waals surface area contributed by atoms with Gasteiger partial charge in [-0.05, 0) is 12.1 Å². The number of halogens is 8. The minimum absolute atomic E-state index is 0.0403. The molecule has 0 aliphatic heterocycles. The summed E-state index contributed by atoms with van der Waals surface area (Å²) in [5.41, 5.74) is -1.15. The highest BCUT2D eigenvalue weighted by Gasteiger charge is 2.26. The Bertz CT molecular complexity index is 722. The molecule has 0 aliphatic rings. The number of rotatable bonds is 3. The zero-order chi connectivity index (χ0) is 16.6. The molecule has 0 N–H and O–H groups in total. The van der Waals surface area contributed by atoms with E-state index in [2.05, 4.69) is 0 Å². The van der Waals surface area contributed by atoms with Crippen molar-refractivity contribution < 1.29 is 26.7 Å². The Morgan fingerprint density at radius 1 is 0.727 bits per heavy atom. The van der Waals surface area contributed by atoms with Crippen LogP contribution >= 0.6 is 34.8 Å². The van der Waals surface area contributed by atoms with Gasteiger partial charge in [0, 0.05) is 0 Å². The maximum atomic E-state index is 13.5. The first-order chi connectivity index (χ1) is 10.3. The molecule has 0 aromatic heterocycles. The van der Waals surface area contributed by atoms with Gasteiger partial charge >= 0.3 is 0 Å². The predicted octanol–water partition coefficient (Wildman–Crippen LogP) is 5.92. The number of hydrogen-bond acceptors (Lipinski definition) is 1. The molecule has 118 valence electrons. The Morgan fingerprint density at radius 3 is 1.73 bits per heavy atom. The fourth-order valence-corrected chi connectivity index (χ4v) is 2.19. The molecule has 0 saturated heterocycles. The van der Waals surface area contributed by atoms with Crippen molar-refractivity contribution in [1.82, 2.24) is 0 Å². The zero-order valence-electron chi connectivity index (χ0n) is 10.3. The molecule has 0 aliphatic carbocycles. The molecule has 0 saturated carbocycles. The van der Waals surface area contributed by atoms with Crippen LogP contribution in [-0.4, -0.2) is 0 Å². The molecule has 0 atom stereocenters. The highest BCUT2D eigenvalue weighted by Crippen LogP contribution is 2.38. The first-order valence-corrected chi connectivity index (χ1v) is 6.65. The van der Waals surface area contributed by atoms with Gasteiger partial charge in [-0.3, -0.25) is 0 Å². The molecule has 9 heteroatoms. The third-order valence-electron chi connectivity index (χ3n) is 2.66. The van der Waals surface area contributed by atoms with Crippen LogP contribution in [0.4, 0.5) is 22.0 Å². The van der Waals surface area contributed by atoms with E-state index in [1.54, 1.807) is 0 Å². The van der Waals surface area contributed by atoms with Crippen molar-refractivity contribution in [3.05, 3.63) is 61.9 Å². The summed E-state index contributed by atoms with van der Waals surface area (Å²) in [4.78, 5) is 0. The third-order valence-corrected chi connectivity index (χ3v) is 3.75. The average molecular weight is 378 g/mol. The molecule has 22 heavy (non-hydrogen) atoms. The predicted molar refractivity (Wildman–Crippen MR) is 72.0 cm³/mol. The SMILES string of the molecule is Fc1c(F)c(F)c(COc2c(Cl)ccc(Cl)c2Cl)c(F)c1F. The Labute approximate surface area is 136 Å². The summed E-state index contributed by atoms with van der Waals surface area (Å²) in [6.45, 7) is -0.981. The molecule has 1 nitrogen and oxygen atoms in total. The van der Waals surface area contributed by atoms with Crippen LogP contribution in [0.3, 0.4) is 0 Å². The van der Waals surface area contributed by atoms with Crippen molar-refractivity contribution in [2.24, 2.45) is 0 Å². The second-order valence-electron chi connectivity index (χ2n) is 4.01. The number of ether oxygens (including phenoxy) is 1. The van der Waals surface area contributed by atoms with Gasteiger partial charge in [-0.1, -0.05) is 34.8 Å². The van der Waals surface area contributed by atoms with Crippen LogP contribution < -0.4 is 4.74 Å². The molecule has 0 spiro atoms. The second kappa shape index (κ2) is 6.48. The van der Waals surface area contributed by atoms with Crippen molar-refractivity contribution in [3.8, 4) is 5.75 Å². The summed E-state index contributed by atoms with van der Waals surface area (Å²) in [6.07, 6.45) is 0. The highest BCUT2D eigenvalue weighted by atomic mass is 35.5. The molecule has 2 aromatic rings. The van der Waals surface area contributed by atoms with Crippen molar-refractivity contribution in [2.75, 3.05) is 0 Å². The van der Waals surface area contributed by atoms with Gasteiger partial charge in [0.05, 0.1) is 15.6 Å². The van der Waals surface area contributed by atoms with Crippen LogP contribution in [0.5, 0.6) is 5.75 Å². The van der Waals surface area contributed by atoms with Crippen LogP contribution in [-0.2, 0) is 6.61 Å². The van der Waals surface area contributed by atoms with Gasteiger partial charge in [-0.15, -0.1) is 0 Å².